The van der Waals surface area contributed by atoms with Crippen molar-refractivity contribution in [2.75, 3.05) is 5.73 Å². The number of thiazole rings is 1. The summed E-state index contributed by atoms with van der Waals surface area (Å²) < 4.78 is 0. The van der Waals surface area contributed by atoms with Crippen molar-refractivity contribution in [2.45, 2.75) is 19.0 Å². The molecule has 0 aliphatic carbocycles. The SMILES string of the molecule is Nc1ncc(CNC(=O)[C@@H](N)Cc2cccc3ccccc23)s1. The maximum atomic E-state index is 12.2. The summed E-state index contributed by atoms with van der Waals surface area (Å²) in [5.41, 5.74) is 12.7. The van der Waals surface area contributed by atoms with Crippen LogP contribution in [0, 0.1) is 0 Å². The van der Waals surface area contributed by atoms with E-state index < -0.39 is 6.04 Å². The highest BCUT2D eigenvalue weighted by molar-refractivity contribution is 7.15. The van der Waals surface area contributed by atoms with E-state index in [4.69, 9.17) is 11.5 Å². The number of hydrogen-bond acceptors (Lipinski definition) is 5. The summed E-state index contributed by atoms with van der Waals surface area (Å²) in [4.78, 5) is 17.0. The number of rotatable bonds is 5. The zero-order valence-electron chi connectivity index (χ0n) is 12.5. The number of fused-ring (bicyclic) bond motifs is 1. The van der Waals surface area contributed by atoms with Gasteiger partial charge in [-0.15, -0.1) is 11.3 Å². The van der Waals surface area contributed by atoms with Gasteiger partial charge in [-0.25, -0.2) is 4.98 Å². The molecule has 0 aliphatic heterocycles. The number of nitrogen functional groups attached to an aromatic ring is 1. The molecule has 0 aliphatic rings. The first-order valence-corrected chi connectivity index (χ1v) is 8.15. The molecule has 1 atom stereocenters. The van der Waals surface area contributed by atoms with Crippen molar-refractivity contribution < 1.29 is 4.79 Å². The summed E-state index contributed by atoms with van der Waals surface area (Å²) in [6, 6.07) is 13.6. The van der Waals surface area contributed by atoms with Crippen molar-refractivity contribution in [3.63, 3.8) is 0 Å². The zero-order valence-corrected chi connectivity index (χ0v) is 13.3. The van der Waals surface area contributed by atoms with Crippen LogP contribution >= 0.6 is 11.3 Å². The fraction of sp³-hybridized carbons (Fsp3) is 0.176. The number of carbonyl (C=O) groups is 1. The van der Waals surface area contributed by atoms with Crippen molar-refractivity contribution in [1.29, 1.82) is 0 Å². The average Bonchev–Trinajstić information content (AvgIpc) is 2.98. The Bertz CT molecular complexity index is 825. The van der Waals surface area contributed by atoms with Gasteiger partial charge in [0, 0.05) is 11.1 Å². The van der Waals surface area contributed by atoms with Crippen LogP contribution in [-0.4, -0.2) is 16.9 Å². The predicted octanol–water partition coefficient (Wildman–Crippen LogP) is 2.06. The second-order valence-electron chi connectivity index (χ2n) is 5.33. The van der Waals surface area contributed by atoms with Crippen LogP contribution in [-0.2, 0) is 17.8 Å². The lowest BCUT2D eigenvalue weighted by Crippen LogP contribution is -2.41. The second kappa shape index (κ2) is 6.76. The van der Waals surface area contributed by atoms with Crippen LogP contribution in [0.4, 0.5) is 5.13 Å². The van der Waals surface area contributed by atoms with Crippen molar-refractivity contribution in [3.8, 4) is 0 Å². The molecule has 0 saturated carbocycles. The van der Waals surface area contributed by atoms with E-state index in [0.717, 1.165) is 21.2 Å². The molecular formula is C17H18N4OS. The first-order valence-electron chi connectivity index (χ1n) is 7.33. The Morgan fingerprint density at radius 3 is 2.78 bits per heavy atom. The smallest absolute Gasteiger partial charge is 0.237 e. The summed E-state index contributed by atoms with van der Waals surface area (Å²) in [6.07, 6.45) is 2.16. The zero-order chi connectivity index (χ0) is 16.2. The quantitative estimate of drug-likeness (QED) is 0.669. The van der Waals surface area contributed by atoms with Crippen molar-refractivity contribution in [2.24, 2.45) is 5.73 Å². The molecule has 1 heterocycles. The third-order valence-electron chi connectivity index (χ3n) is 3.66. The number of carbonyl (C=O) groups excluding carboxylic acids is 1. The summed E-state index contributed by atoms with van der Waals surface area (Å²) in [7, 11) is 0. The highest BCUT2D eigenvalue weighted by Gasteiger charge is 2.15. The third-order valence-corrected chi connectivity index (χ3v) is 4.49. The second-order valence-corrected chi connectivity index (χ2v) is 6.48. The molecule has 5 nitrogen and oxygen atoms in total. The lowest BCUT2D eigenvalue weighted by Gasteiger charge is -2.13. The van der Waals surface area contributed by atoms with E-state index in [1.807, 2.05) is 24.3 Å². The fourth-order valence-electron chi connectivity index (χ4n) is 2.51. The molecule has 0 saturated heterocycles. The Morgan fingerprint density at radius 2 is 2.00 bits per heavy atom. The van der Waals surface area contributed by atoms with Crippen LogP contribution in [0.1, 0.15) is 10.4 Å². The van der Waals surface area contributed by atoms with E-state index in [1.165, 1.54) is 11.3 Å². The first-order chi connectivity index (χ1) is 11.1. The molecule has 0 spiro atoms. The standard InChI is InChI=1S/C17H18N4OS/c18-15(16(22)20-9-13-10-21-17(19)23-13)8-12-6-3-5-11-4-1-2-7-14(11)12/h1-7,10,15H,8-9,18H2,(H2,19,21)(H,20,22)/t15-/m0/s1. The van der Waals surface area contributed by atoms with Crippen LogP contribution in [0.3, 0.4) is 0 Å². The van der Waals surface area contributed by atoms with Crippen LogP contribution in [0.15, 0.2) is 48.7 Å². The number of nitrogens with zero attached hydrogens (tertiary/aromatic N) is 1. The van der Waals surface area contributed by atoms with Gasteiger partial charge in [0.2, 0.25) is 5.91 Å². The van der Waals surface area contributed by atoms with Gasteiger partial charge in [-0.1, -0.05) is 42.5 Å². The van der Waals surface area contributed by atoms with Gasteiger partial charge in [0.25, 0.3) is 0 Å². The number of benzene rings is 2. The third kappa shape index (κ3) is 3.67. The van der Waals surface area contributed by atoms with Crippen LogP contribution in [0.2, 0.25) is 0 Å². The number of nitrogens with two attached hydrogens (primary N) is 2. The molecule has 3 rings (SSSR count). The Hall–Kier alpha value is -2.44. The van der Waals surface area contributed by atoms with Crippen LogP contribution < -0.4 is 16.8 Å². The lowest BCUT2D eigenvalue weighted by molar-refractivity contribution is -0.122. The molecule has 23 heavy (non-hydrogen) atoms. The summed E-state index contributed by atoms with van der Waals surface area (Å²) >= 11 is 1.36. The Kier molecular flexibility index (Phi) is 4.55. The summed E-state index contributed by atoms with van der Waals surface area (Å²) in [5, 5.41) is 5.61. The van der Waals surface area contributed by atoms with E-state index in [-0.39, 0.29) is 5.91 Å². The Balaban J connectivity index is 1.65. The van der Waals surface area contributed by atoms with E-state index in [0.29, 0.717) is 18.1 Å². The monoisotopic (exact) mass is 326 g/mol. The number of nitrogens with one attached hydrogen (secondary N) is 1. The Morgan fingerprint density at radius 1 is 1.22 bits per heavy atom. The van der Waals surface area contributed by atoms with E-state index >= 15 is 0 Å². The minimum atomic E-state index is -0.592. The number of aromatic nitrogens is 1. The predicted molar refractivity (Wildman–Crippen MR) is 94.0 cm³/mol. The molecule has 1 aromatic heterocycles. The lowest BCUT2D eigenvalue weighted by atomic mass is 9.99. The van der Waals surface area contributed by atoms with E-state index in [1.54, 1.807) is 6.20 Å². The summed E-state index contributed by atoms with van der Waals surface area (Å²) in [5.74, 6) is -0.176. The highest BCUT2D eigenvalue weighted by atomic mass is 32.1. The topological polar surface area (TPSA) is 94.0 Å². The van der Waals surface area contributed by atoms with Gasteiger partial charge >= 0.3 is 0 Å². The van der Waals surface area contributed by atoms with E-state index in [2.05, 4.69) is 28.5 Å². The van der Waals surface area contributed by atoms with Gasteiger partial charge < -0.3 is 16.8 Å². The van der Waals surface area contributed by atoms with Gasteiger partial charge in [-0.05, 0) is 22.8 Å². The molecule has 0 fully saturated rings. The molecule has 2 aromatic carbocycles. The van der Waals surface area contributed by atoms with Gasteiger partial charge in [0.1, 0.15) is 0 Å². The van der Waals surface area contributed by atoms with Crippen molar-refractivity contribution in [1.82, 2.24) is 10.3 Å². The van der Waals surface area contributed by atoms with Gasteiger partial charge in [-0.3, -0.25) is 4.79 Å². The number of hydrogen-bond donors (Lipinski definition) is 3. The number of amides is 1. The molecule has 1 amide bonds. The van der Waals surface area contributed by atoms with Gasteiger partial charge in [0.05, 0.1) is 12.6 Å². The van der Waals surface area contributed by atoms with E-state index in [9.17, 15) is 4.79 Å². The van der Waals surface area contributed by atoms with Crippen LogP contribution in [0.25, 0.3) is 10.8 Å². The maximum Gasteiger partial charge on any atom is 0.237 e. The minimum Gasteiger partial charge on any atom is -0.375 e. The van der Waals surface area contributed by atoms with Gasteiger partial charge in [-0.2, -0.15) is 0 Å². The molecular weight excluding hydrogens is 308 g/mol. The molecule has 3 aromatic rings. The molecule has 118 valence electrons. The molecule has 0 radical (unpaired) electrons. The summed E-state index contributed by atoms with van der Waals surface area (Å²) in [6.45, 7) is 0.400. The first kappa shape index (κ1) is 15.5. The minimum absolute atomic E-state index is 0.176. The maximum absolute atomic E-state index is 12.2. The fourth-order valence-corrected chi connectivity index (χ4v) is 3.13. The van der Waals surface area contributed by atoms with Crippen LogP contribution in [0.5, 0.6) is 0 Å². The van der Waals surface area contributed by atoms with Crippen molar-refractivity contribution >= 4 is 33.1 Å². The number of anilines is 1. The molecule has 0 bridgehead atoms. The molecule has 6 heteroatoms. The normalized spacial score (nSPS) is 12.2. The van der Waals surface area contributed by atoms with Crippen molar-refractivity contribution in [3.05, 3.63) is 59.1 Å². The molecule has 0 unspecified atom stereocenters. The highest BCUT2D eigenvalue weighted by Crippen LogP contribution is 2.19. The van der Waals surface area contributed by atoms with Gasteiger partial charge in [0.15, 0.2) is 5.13 Å². The molecule has 5 N–H and O–H groups in total. The largest absolute Gasteiger partial charge is 0.375 e. The Labute approximate surface area is 138 Å². The average molecular weight is 326 g/mol.